The first kappa shape index (κ1) is 15.6. The molecule has 0 aliphatic heterocycles. The molecule has 0 saturated heterocycles. The maximum absolute atomic E-state index is 11.9. The fourth-order valence-electron chi connectivity index (χ4n) is 1.81. The van der Waals surface area contributed by atoms with E-state index < -0.39 is 5.97 Å². The summed E-state index contributed by atoms with van der Waals surface area (Å²) < 4.78 is 6.27. The maximum Gasteiger partial charge on any atom is 0.358 e. The van der Waals surface area contributed by atoms with E-state index >= 15 is 0 Å². The van der Waals surface area contributed by atoms with E-state index in [1.165, 1.54) is 18.0 Å². The van der Waals surface area contributed by atoms with Crippen molar-refractivity contribution >= 4 is 17.6 Å². The number of aromatic carboxylic acids is 1. The van der Waals surface area contributed by atoms with Crippen LogP contribution < -0.4 is 5.32 Å². The Kier molecular flexibility index (Phi) is 4.84. The van der Waals surface area contributed by atoms with E-state index in [1.807, 2.05) is 0 Å². The molecule has 1 unspecified atom stereocenters. The highest BCUT2D eigenvalue weighted by Gasteiger charge is 2.13. The minimum Gasteiger partial charge on any atom is -0.476 e. The Hall–Kier alpha value is -2.74. The molecule has 0 aliphatic rings. The molecule has 0 bridgehead atoms. The Labute approximate surface area is 126 Å². The van der Waals surface area contributed by atoms with E-state index in [4.69, 9.17) is 9.84 Å². The lowest BCUT2D eigenvalue weighted by molar-refractivity contribution is -0.120. The average molecular weight is 304 g/mol. The van der Waals surface area contributed by atoms with Crippen LogP contribution in [0.15, 0.2) is 30.5 Å². The standard InChI is InChI=1S/C14H16N4O4/c1-9(8-22-2)13(19)15-10-4-3-5-11(6-10)18-7-12(14(20)21)16-17-18/h3-7,9H,8H2,1-2H3,(H,15,19)(H,20,21). The van der Waals surface area contributed by atoms with Crippen molar-refractivity contribution in [3.05, 3.63) is 36.2 Å². The van der Waals surface area contributed by atoms with Gasteiger partial charge in [0.2, 0.25) is 5.91 Å². The molecule has 1 aromatic carbocycles. The fraction of sp³-hybridized carbons (Fsp3) is 0.286. The topological polar surface area (TPSA) is 106 Å². The number of anilines is 1. The fourth-order valence-corrected chi connectivity index (χ4v) is 1.81. The van der Waals surface area contributed by atoms with Gasteiger partial charge in [0, 0.05) is 12.8 Å². The van der Waals surface area contributed by atoms with E-state index in [-0.39, 0.29) is 17.5 Å². The van der Waals surface area contributed by atoms with Crippen molar-refractivity contribution in [2.45, 2.75) is 6.92 Å². The lowest BCUT2D eigenvalue weighted by atomic mass is 10.1. The van der Waals surface area contributed by atoms with Crippen LogP contribution in [0.4, 0.5) is 5.69 Å². The molecule has 1 heterocycles. The van der Waals surface area contributed by atoms with Gasteiger partial charge in [-0.05, 0) is 18.2 Å². The molecule has 0 saturated carbocycles. The predicted molar refractivity (Wildman–Crippen MR) is 78.0 cm³/mol. The molecule has 2 N–H and O–H groups in total. The molecule has 8 heteroatoms. The number of hydrogen-bond acceptors (Lipinski definition) is 5. The summed E-state index contributed by atoms with van der Waals surface area (Å²) in [5, 5.41) is 18.9. The maximum atomic E-state index is 11.9. The van der Waals surface area contributed by atoms with Crippen molar-refractivity contribution in [2.24, 2.45) is 5.92 Å². The van der Waals surface area contributed by atoms with Crippen LogP contribution in [0.25, 0.3) is 5.69 Å². The van der Waals surface area contributed by atoms with Crippen LogP contribution in [-0.2, 0) is 9.53 Å². The lowest BCUT2D eigenvalue weighted by Gasteiger charge is -2.11. The number of methoxy groups -OCH3 is 1. The number of amides is 1. The molecule has 0 spiro atoms. The van der Waals surface area contributed by atoms with Gasteiger partial charge in [0.25, 0.3) is 0 Å². The summed E-state index contributed by atoms with van der Waals surface area (Å²) in [5.74, 6) is -1.59. The summed E-state index contributed by atoms with van der Waals surface area (Å²) in [6.45, 7) is 2.09. The van der Waals surface area contributed by atoms with Crippen LogP contribution in [0, 0.1) is 5.92 Å². The van der Waals surface area contributed by atoms with Crippen molar-refractivity contribution < 1.29 is 19.4 Å². The van der Waals surface area contributed by atoms with Gasteiger partial charge in [-0.3, -0.25) is 4.79 Å². The zero-order chi connectivity index (χ0) is 16.1. The molecule has 1 atom stereocenters. The first-order valence-corrected chi connectivity index (χ1v) is 6.57. The number of aromatic nitrogens is 3. The quantitative estimate of drug-likeness (QED) is 0.830. The zero-order valence-electron chi connectivity index (χ0n) is 12.2. The molecule has 116 valence electrons. The number of carbonyl (C=O) groups is 2. The van der Waals surface area contributed by atoms with E-state index in [0.717, 1.165) is 0 Å². The second-order valence-corrected chi connectivity index (χ2v) is 4.75. The van der Waals surface area contributed by atoms with Gasteiger partial charge in [-0.15, -0.1) is 5.10 Å². The number of carboxylic acids is 1. The number of benzene rings is 1. The van der Waals surface area contributed by atoms with Crippen LogP contribution in [0.2, 0.25) is 0 Å². The third-order valence-electron chi connectivity index (χ3n) is 2.95. The van der Waals surface area contributed by atoms with E-state index in [9.17, 15) is 9.59 Å². The minimum atomic E-state index is -1.15. The molecule has 1 aromatic heterocycles. The monoisotopic (exact) mass is 304 g/mol. The Bertz CT molecular complexity index is 683. The SMILES string of the molecule is COCC(C)C(=O)Nc1cccc(-n2cc(C(=O)O)nn2)c1. The number of carboxylic acid groups (broad SMARTS) is 1. The molecular weight excluding hydrogens is 288 g/mol. The molecule has 2 rings (SSSR count). The zero-order valence-corrected chi connectivity index (χ0v) is 12.2. The van der Waals surface area contributed by atoms with Gasteiger partial charge in [0.05, 0.1) is 24.4 Å². The Morgan fingerprint density at radius 1 is 1.45 bits per heavy atom. The third-order valence-corrected chi connectivity index (χ3v) is 2.95. The second kappa shape index (κ2) is 6.81. The van der Waals surface area contributed by atoms with Gasteiger partial charge in [0.1, 0.15) is 0 Å². The Balaban J connectivity index is 2.15. The van der Waals surface area contributed by atoms with Crippen molar-refractivity contribution in [1.82, 2.24) is 15.0 Å². The Morgan fingerprint density at radius 2 is 2.23 bits per heavy atom. The average Bonchev–Trinajstić information content (AvgIpc) is 2.98. The molecule has 0 aliphatic carbocycles. The van der Waals surface area contributed by atoms with Crippen LogP contribution in [0.5, 0.6) is 0 Å². The molecule has 2 aromatic rings. The molecule has 8 nitrogen and oxygen atoms in total. The molecule has 0 fully saturated rings. The van der Waals surface area contributed by atoms with E-state index in [1.54, 1.807) is 31.2 Å². The van der Waals surface area contributed by atoms with Crippen LogP contribution in [-0.4, -0.2) is 45.7 Å². The summed E-state index contributed by atoms with van der Waals surface area (Å²) in [6, 6.07) is 6.87. The van der Waals surface area contributed by atoms with Crippen LogP contribution >= 0.6 is 0 Å². The molecule has 1 amide bonds. The van der Waals surface area contributed by atoms with Crippen molar-refractivity contribution in [3.8, 4) is 5.69 Å². The highest BCUT2D eigenvalue weighted by molar-refractivity contribution is 5.92. The van der Waals surface area contributed by atoms with Crippen molar-refractivity contribution in [2.75, 3.05) is 19.0 Å². The first-order chi connectivity index (χ1) is 10.5. The van der Waals surface area contributed by atoms with Gasteiger partial charge in [-0.2, -0.15) is 0 Å². The highest BCUT2D eigenvalue weighted by Crippen LogP contribution is 2.15. The van der Waals surface area contributed by atoms with Gasteiger partial charge >= 0.3 is 5.97 Å². The normalized spacial score (nSPS) is 11.9. The smallest absolute Gasteiger partial charge is 0.358 e. The predicted octanol–water partition coefficient (Wildman–Crippen LogP) is 1.19. The summed E-state index contributed by atoms with van der Waals surface area (Å²) >= 11 is 0. The number of hydrogen-bond donors (Lipinski definition) is 2. The lowest BCUT2D eigenvalue weighted by Crippen LogP contribution is -2.23. The van der Waals surface area contributed by atoms with Crippen molar-refractivity contribution in [3.63, 3.8) is 0 Å². The number of nitrogens with zero attached hydrogens (tertiary/aromatic N) is 3. The molecule has 22 heavy (non-hydrogen) atoms. The number of carbonyl (C=O) groups excluding carboxylic acids is 1. The second-order valence-electron chi connectivity index (χ2n) is 4.75. The van der Waals surface area contributed by atoms with Gasteiger partial charge in [0.15, 0.2) is 5.69 Å². The van der Waals surface area contributed by atoms with Gasteiger partial charge in [-0.1, -0.05) is 18.2 Å². The van der Waals surface area contributed by atoms with E-state index in [2.05, 4.69) is 15.6 Å². The van der Waals surface area contributed by atoms with Gasteiger partial charge in [-0.25, -0.2) is 9.48 Å². The minimum absolute atomic E-state index is 0.150. The first-order valence-electron chi connectivity index (χ1n) is 6.57. The number of rotatable bonds is 6. The van der Waals surface area contributed by atoms with Crippen LogP contribution in [0.3, 0.4) is 0 Å². The summed E-state index contributed by atoms with van der Waals surface area (Å²) in [5.41, 5.74) is 1.03. The van der Waals surface area contributed by atoms with E-state index in [0.29, 0.717) is 18.0 Å². The summed E-state index contributed by atoms with van der Waals surface area (Å²) in [6.07, 6.45) is 1.30. The van der Waals surface area contributed by atoms with Crippen molar-refractivity contribution in [1.29, 1.82) is 0 Å². The third kappa shape index (κ3) is 3.67. The summed E-state index contributed by atoms with van der Waals surface area (Å²) in [7, 11) is 1.54. The largest absolute Gasteiger partial charge is 0.476 e. The van der Waals surface area contributed by atoms with Gasteiger partial charge < -0.3 is 15.2 Å². The number of ether oxygens (including phenoxy) is 1. The van der Waals surface area contributed by atoms with Crippen LogP contribution in [0.1, 0.15) is 17.4 Å². The Morgan fingerprint density at radius 3 is 2.86 bits per heavy atom. The highest BCUT2D eigenvalue weighted by atomic mass is 16.5. The number of nitrogens with one attached hydrogen (secondary N) is 1. The molecule has 0 radical (unpaired) electrons. The molecular formula is C14H16N4O4. The summed E-state index contributed by atoms with van der Waals surface area (Å²) in [4.78, 5) is 22.7.